The van der Waals surface area contributed by atoms with Crippen molar-refractivity contribution in [2.45, 2.75) is 38.1 Å². The molecular formula is C13H17BrN2S. The van der Waals surface area contributed by atoms with Crippen LogP contribution >= 0.6 is 27.7 Å². The van der Waals surface area contributed by atoms with Crippen LogP contribution in [0.5, 0.6) is 0 Å². The van der Waals surface area contributed by atoms with E-state index >= 15 is 0 Å². The van der Waals surface area contributed by atoms with Gasteiger partial charge in [0, 0.05) is 10.7 Å². The quantitative estimate of drug-likeness (QED) is 0.566. The fourth-order valence-electron chi connectivity index (χ4n) is 1.37. The Morgan fingerprint density at radius 3 is 2.88 bits per heavy atom. The minimum Gasteiger partial charge on any atom is -0.249 e. The molecule has 1 aromatic heterocycles. The molecule has 0 saturated heterocycles. The summed E-state index contributed by atoms with van der Waals surface area (Å²) < 4.78 is 1.06. The normalized spacial score (nSPS) is 11.2. The smallest absolute Gasteiger partial charge is 0.110 e. The zero-order valence-corrected chi connectivity index (χ0v) is 12.6. The van der Waals surface area contributed by atoms with Crippen molar-refractivity contribution in [2.75, 3.05) is 5.75 Å². The number of halogens is 1. The van der Waals surface area contributed by atoms with Crippen LogP contribution in [0.15, 0.2) is 27.8 Å². The molecule has 0 spiro atoms. The van der Waals surface area contributed by atoms with Crippen molar-refractivity contribution < 1.29 is 0 Å². The van der Waals surface area contributed by atoms with Crippen molar-refractivity contribution in [1.82, 2.24) is 4.98 Å². The lowest BCUT2D eigenvalue weighted by Crippen LogP contribution is -2.07. The van der Waals surface area contributed by atoms with Crippen molar-refractivity contribution in [1.29, 1.82) is 5.26 Å². The van der Waals surface area contributed by atoms with Crippen molar-refractivity contribution in [3.05, 3.63) is 22.8 Å². The maximum atomic E-state index is 8.89. The molecule has 0 atom stereocenters. The van der Waals surface area contributed by atoms with E-state index in [1.54, 1.807) is 11.8 Å². The SMILES string of the molecule is CC(C)(C#N)CCCCSc1ncccc1Br. The van der Waals surface area contributed by atoms with E-state index in [2.05, 4.69) is 27.0 Å². The monoisotopic (exact) mass is 312 g/mol. The molecule has 0 unspecified atom stereocenters. The molecule has 0 amide bonds. The van der Waals surface area contributed by atoms with Gasteiger partial charge in [-0.25, -0.2) is 4.98 Å². The van der Waals surface area contributed by atoms with Gasteiger partial charge < -0.3 is 0 Å². The molecule has 4 heteroatoms. The summed E-state index contributed by atoms with van der Waals surface area (Å²) in [6, 6.07) is 6.26. The molecule has 0 fully saturated rings. The highest BCUT2D eigenvalue weighted by Crippen LogP contribution is 2.27. The Balaban J connectivity index is 2.22. The van der Waals surface area contributed by atoms with E-state index in [1.807, 2.05) is 32.2 Å². The van der Waals surface area contributed by atoms with Crippen molar-refractivity contribution >= 4 is 27.7 Å². The third-order valence-corrected chi connectivity index (χ3v) is 4.46. The Bertz CT molecular complexity index is 399. The molecule has 0 N–H and O–H groups in total. The second kappa shape index (κ2) is 7.03. The van der Waals surface area contributed by atoms with E-state index < -0.39 is 0 Å². The van der Waals surface area contributed by atoms with Crippen LogP contribution in [0.3, 0.4) is 0 Å². The second-order valence-electron chi connectivity index (χ2n) is 4.59. The third kappa shape index (κ3) is 5.56. The molecule has 0 radical (unpaired) electrons. The maximum Gasteiger partial charge on any atom is 0.110 e. The predicted molar refractivity (Wildman–Crippen MR) is 75.9 cm³/mol. The summed E-state index contributed by atoms with van der Waals surface area (Å²) >= 11 is 5.25. The number of hydrogen-bond acceptors (Lipinski definition) is 3. The molecule has 0 aliphatic carbocycles. The first-order valence-corrected chi connectivity index (χ1v) is 7.47. The Kier molecular flexibility index (Phi) is 6.01. The molecule has 0 bridgehead atoms. The lowest BCUT2D eigenvalue weighted by molar-refractivity contribution is 0.433. The van der Waals surface area contributed by atoms with Crippen LogP contribution in [-0.4, -0.2) is 10.7 Å². The van der Waals surface area contributed by atoms with Gasteiger partial charge in [-0.2, -0.15) is 5.26 Å². The highest BCUT2D eigenvalue weighted by molar-refractivity contribution is 9.10. The summed E-state index contributed by atoms with van der Waals surface area (Å²) in [6.45, 7) is 3.99. The average Bonchev–Trinajstić information content (AvgIpc) is 2.31. The Hall–Kier alpha value is -0.530. The van der Waals surface area contributed by atoms with Gasteiger partial charge in [-0.05, 0) is 60.5 Å². The van der Waals surface area contributed by atoms with Gasteiger partial charge in [0.2, 0.25) is 0 Å². The summed E-state index contributed by atoms with van der Waals surface area (Å²) in [4.78, 5) is 4.30. The summed E-state index contributed by atoms with van der Waals surface area (Å²) in [5, 5.41) is 9.94. The molecule has 0 saturated carbocycles. The maximum absolute atomic E-state index is 8.89. The lowest BCUT2D eigenvalue weighted by Gasteiger charge is -2.13. The van der Waals surface area contributed by atoms with Gasteiger partial charge in [0.1, 0.15) is 5.03 Å². The summed E-state index contributed by atoms with van der Waals surface area (Å²) in [7, 11) is 0. The molecule has 17 heavy (non-hydrogen) atoms. The number of thioether (sulfide) groups is 1. The summed E-state index contributed by atoms with van der Waals surface area (Å²) in [5.74, 6) is 1.05. The van der Waals surface area contributed by atoms with E-state index in [-0.39, 0.29) is 5.41 Å². The molecule has 0 aliphatic heterocycles. The van der Waals surface area contributed by atoms with E-state index in [0.29, 0.717) is 0 Å². The minimum absolute atomic E-state index is 0.184. The highest BCUT2D eigenvalue weighted by Gasteiger charge is 2.15. The molecule has 1 rings (SSSR count). The fraction of sp³-hybridized carbons (Fsp3) is 0.538. The van der Waals surface area contributed by atoms with Crippen LogP contribution in [0, 0.1) is 16.7 Å². The topological polar surface area (TPSA) is 36.7 Å². The molecule has 2 nitrogen and oxygen atoms in total. The van der Waals surface area contributed by atoms with Gasteiger partial charge in [-0.3, -0.25) is 0 Å². The summed E-state index contributed by atoms with van der Waals surface area (Å²) in [6.07, 6.45) is 5.00. The largest absolute Gasteiger partial charge is 0.249 e. The van der Waals surface area contributed by atoms with E-state index in [9.17, 15) is 0 Å². The zero-order valence-electron chi connectivity index (χ0n) is 10.2. The number of aromatic nitrogens is 1. The van der Waals surface area contributed by atoms with E-state index in [1.165, 1.54) is 0 Å². The van der Waals surface area contributed by atoms with E-state index in [0.717, 1.165) is 34.5 Å². The van der Waals surface area contributed by atoms with Crippen LogP contribution in [0.4, 0.5) is 0 Å². The number of nitrogens with zero attached hydrogens (tertiary/aromatic N) is 2. The minimum atomic E-state index is -0.184. The number of unbranched alkanes of at least 4 members (excludes halogenated alkanes) is 1. The van der Waals surface area contributed by atoms with Crippen molar-refractivity contribution in [2.24, 2.45) is 5.41 Å². The number of nitriles is 1. The van der Waals surface area contributed by atoms with Crippen molar-refractivity contribution in [3.63, 3.8) is 0 Å². The fourth-order valence-corrected chi connectivity index (χ4v) is 2.85. The summed E-state index contributed by atoms with van der Waals surface area (Å²) in [5.41, 5.74) is -0.184. The molecule has 0 aromatic carbocycles. The predicted octanol–water partition coefficient (Wildman–Crippen LogP) is 4.66. The van der Waals surface area contributed by atoms with Gasteiger partial charge in [0.15, 0.2) is 0 Å². The molecule has 0 aliphatic rings. The van der Waals surface area contributed by atoms with Crippen LogP contribution in [0.1, 0.15) is 33.1 Å². The van der Waals surface area contributed by atoms with Gasteiger partial charge in [0.05, 0.1) is 11.5 Å². The van der Waals surface area contributed by atoms with Gasteiger partial charge >= 0.3 is 0 Å². The first kappa shape index (κ1) is 14.5. The van der Waals surface area contributed by atoms with E-state index in [4.69, 9.17) is 5.26 Å². The Labute approximate surface area is 116 Å². The molecule has 92 valence electrons. The van der Waals surface area contributed by atoms with Crippen LogP contribution in [0.25, 0.3) is 0 Å². The molecule has 1 aromatic rings. The standard InChI is InChI=1S/C13H17BrN2S/c1-13(2,10-15)7-3-4-9-17-12-11(14)6-5-8-16-12/h5-6,8H,3-4,7,9H2,1-2H3. The third-order valence-electron chi connectivity index (χ3n) is 2.46. The first-order chi connectivity index (χ1) is 8.05. The number of rotatable bonds is 6. The first-order valence-electron chi connectivity index (χ1n) is 5.70. The molecular weight excluding hydrogens is 296 g/mol. The number of pyridine rings is 1. The Morgan fingerprint density at radius 2 is 2.24 bits per heavy atom. The average molecular weight is 313 g/mol. The van der Waals surface area contributed by atoms with Crippen LogP contribution < -0.4 is 0 Å². The Morgan fingerprint density at radius 1 is 1.47 bits per heavy atom. The van der Waals surface area contributed by atoms with Crippen molar-refractivity contribution in [3.8, 4) is 6.07 Å². The van der Waals surface area contributed by atoms with Crippen LogP contribution in [0.2, 0.25) is 0 Å². The second-order valence-corrected chi connectivity index (χ2v) is 6.53. The lowest BCUT2D eigenvalue weighted by atomic mass is 9.89. The molecule has 1 heterocycles. The van der Waals surface area contributed by atoms with Gasteiger partial charge in [-0.1, -0.05) is 6.42 Å². The zero-order chi connectivity index (χ0) is 12.7. The van der Waals surface area contributed by atoms with Gasteiger partial charge in [-0.15, -0.1) is 11.8 Å². The number of hydrogen-bond donors (Lipinski definition) is 0. The van der Waals surface area contributed by atoms with Crippen LogP contribution in [-0.2, 0) is 0 Å². The van der Waals surface area contributed by atoms with Gasteiger partial charge in [0.25, 0.3) is 0 Å². The highest BCUT2D eigenvalue weighted by atomic mass is 79.9.